The highest BCUT2D eigenvalue weighted by atomic mass is 16.6. The first-order valence-corrected chi connectivity index (χ1v) is 8.62. The number of nitrogens with zero attached hydrogens (tertiary/aromatic N) is 6. The second-order valence-electron chi connectivity index (χ2n) is 6.45. The van der Waals surface area contributed by atoms with Crippen molar-refractivity contribution in [3.63, 3.8) is 0 Å². The highest BCUT2D eigenvalue weighted by Crippen LogP contribution is 2.22. The van der Waals surface area contributed by atoms with Crippen LogP contribution in [0.2, 0.25) is 0 Å². The van der Waals surface area contributed by atoms with E-state index in [1.807, 2.05) is 23.7 Å². The second kappa shape index (κ2) is 6.67. The molecule has 9 heteroatoms. The Bertz CT molecular complexity index is 1010. The van der Waals surface area contributed by atoms with Crippen molar-refractivity contribution >= 4 is 22.9 Å². The lowest BCUT2D eigenvalue weighted by Gasteiger charge is -2.35. The van der Waals surface area contributed by atoms with Crippen LogP contribution in [0.3, 0.4) is 0 Å². The molecule has 1 aromatic carbocycles. The van der Waals surface area contributed by atoms with Crippen LogP contribution in [-0.2, 0) is 0 Å². The van der Waals surface area contributed by atoms with E-state index in [0.717, 1.165) is 17.0 Å². The molecule has 4 rings (SSSR count). The number of benzene rings is 1. The minimum absolute atomic E-state index is 0.0216. The van der Waals surface area contributed by atoms with Gasteiger partial charge in [0.15, 0.2) is 5.82 Å². The van der Waals surface area contributed by atoms with Gasteiger partial charge in [-0.15, -0.1) is 0 Å². The van der Waals surface area contributed by atoms with Crippen molar-refractivity contribution < 1.29 is 9.72 Å². The molecule has 9 nitrogen and oxygen atoms in total. The third-order valence-electron chi connectivity index (χ3n) is 4.68. The van der Waals surface area contributed by atoms with Gasteiger partial charge in [-0.3, -0.25) is 14.9 Å². The number of aryl methyl sites for hydroxylation is 1. The van der Waals surface area contributed by atoms with Crippen molar-refractivity contribution in [3.05, 3.63) is 64.1 Å². The SMILES string of the molecule is Cc1cc2c(N3CCN(C(=O)c4ccc([N+](=O)[O-])cc4)CC3)nccn2n1. The van der Waals surface area contributed by atoms with E-state index in [1.165, 1.54) is 24.3 Å². The smallest absolute Gasteiger partial charge is 0.269 e. The number of anilines is 1. The number of nitro groups is 1. The largest absolute Gasteiger partial charge is 0.351 e. The number of aromatic nitrogens is 3. The van der Waals surface area contributed by atoms with Gasteiger partial charge >= 0.3 is 0 Å². The van der Waals surface area contributed by atoms with E-state index in [2.05, 4.69) is 15.0 Å². The van der Waals surface area contributed by atoms with Crippen LogP contribution in [0, 0.1) is 17.0 Å². The predicted molar refractivity (Wildman–Crippen MR) is 98.9 cm³/mol. The molecule has 138 valence electrons. The monoisotopic (exact) mass is 366 g/mol. The predicted octanol–water partition coefficient (Wildman–Crippen LogP) is 1.91. The summed E-state index contributed by atoms with van der Waals surface area (Å²) < 4.78 is 1.81. The van der Waals surface area contributed by atoms with Crippen molar-refractivity contribution in [1.82, 2.24) is 19.5 Å². The molecule has 0 atom stereocenters. The molecule has 0 unspecified atom stereocenters. The summed E-state index contributed by atoms with van der Waals surface area (Å²) in [7, 11) is 0. The molecule has 0 spiro atoms. The molecule has 1 aliphatic rings. The second-order valence-corrected chi connectivity index (χ2v) is 6.45. The fraction of sp³-hybridized carbons (Fsp3) is 0.278. The minimum atomic E-state index is -0.473. The van der Waals surface area contributed by atoms with Gasteiger partial charge in [0.2, 0.25) is 0 Å². The van der Waals surface area contributed by atoms with Crippen molar-refractivity contribution in [2.75, 3.05) is 31.1 Å². The van der Waals surface area contributed by atoms with Crippen molar-refractivity contribution in [1.29, 1.82) is 0 Å². The van der Waals surface area contributed by atoms with Crippen LogP contribution in [0.15, 0.2) is 42.7 Å². The van der Waals surface area contributed by atoms with E-state index in [-0.39, 0.29) is 11.6 Å². The molecule has 2 aromatic heterocycles. The summed E-state index contributed by atoms with van der Waals surface area (Å²) >= 11 is 0. The molecule has 27 heavy (non-hydrogen) atoms. The average Bonchev–Trinajstić information content (AvgIpc) is 3.08. The van der Waals surface area contributed by atoms with Gasteiger partial charge in [-0.2, -0.15) is 5.10 Å². The molecule has 3 heterocycles. The first-order valence-electron chi connectivity index (χ1n) is 8.62. The summed E-state index contributed by atoms with van der Waals surface area (Å²) in [5, 5.41) is 15.2. The maximum atomic E-state index is 12.6. The number of amides is 1. The molecule has 0 saturated carbocycles. The summed E-state index contributed by atoms with van der Waals surface area (Å²) in [4.78, 5) is 31.3. The lowest BCUT2D eigenvalue weighted by Crippen LogP contribution is -2.49. The van der Waals surface area contributed by atoms with E-state index in [9.17, 15) is 14.9 Å². The summed E-state index contributed by atoms with van der Waals surface area (Å²) in [6, 6.07) is 7.72. The summed E-state index contributed by atoms with van der Waals surface area (Å²) in [5.74, 6) is 0.747. The molecule has 0 N–H and O–H groups in total. The van der Waals surface area contributed by atoms with E-state index in [4.69, 9.17) is 0 Å². The highest BCUT2D eigenvalue weighted by Gasteiger charge is 2.24. The summed E-state index contributed by atoms with van der Waals surface area (Å²) in [5.41, 5.74) is 2.31. The number of rotatable bonds is 3. The first kappa shape index (κ1) is 17.0. The molecular weight excluding hydrogens is 348 g/mol. The van der Waals surface area contributed by atoms with Gasteiger partial charge in [-0.1, -0.05) is 0 Å². The number of carbonyl (C=O) groups is 1. The Morgan fingerprint density at radius 3 is 2.52 bits per heavy atom. The van der Waals surface area contributed by atoms with Crippen molar-refractivity contribution in [2.45, 2.75) is 6.92 Å². The average molecular weight is 366 g/mol. The van der Waals surface area contributed by atoms with Gasteiger partial charge in [-0.05, 0) is 25.1 Å². The molecule has 3 aromatic rings. The molecule has 1 saturated heterocycles. The Balaban J connectivity index is 1.46. The number of non-ortho nitro benzene ring substituents is 1. The van der Waals surface area contributed by atoms with Gasteiger partial charge in [0.1, 0.15) is 5.52 Å². The molecule has 1 amide bonds. The third kappa shape index (κ3) is 3.19. The Hall–Kier alpha value is -3.49. The fourth-order valence-electron chi connectivity index (χ4n) is 3.30. The van der Waals surface area contributed by atoms with Crippen LogP contribution in [0.4, 0.5) is 11.5 Å². The highest BCUT2D eigenvalue weighted by molar-refractivity contribution is 5.94. The van der Waals surface area contributed by atoms with Crippen molar-refractivity contribution in [3.8, 4) is 0 Å². The molecule has 0 radical (unpaired) electrons. The van der Waals surface area contributed by atoms with Crippen LogP contribution in [0.5, 0.6) is 0 Å². The van der Waals surface area contributed by atoms with Crippen LogP contribution < -0.4 is 4.90 Å². The minimum Gasteiger partial charge on any atom is -0.351 e. The van der Waals surface area contributed by atoms with Gasteiger partial charge in [0.05, 0.1) is 10.6 Å². The Morgan fingerprint density at radius 2 is 1.85 bits per heavy atom. The zero-order chi connectivity index (χ0) is 19.0. The number of hydrogen-bond acceptors (Lipinski definition) is 6. The molecule has 0 aliphatic carbocycles. The van der Waals surface area contributed by atoms with E-state index in [0.29, 0.717) is 31.7 Å². The topological polar surface area (TPSA) is 96.9 Å². The first-order chi connectivity index (χ1) is 13.0. The Kier molecular flexibility index (Phi) is 4.19. The standard InChI is InChI=1S/C18H18N6O3/c1-13-12-16-17(19-6-7-23(16)20-13)21-8-10-22(11-9-21)18(25)14-2-4-15(5-3-14)24(26)27/h2-7,12H,8-11H2,1H3. The van der Waals surface area contributed by atoms with E-state index < -0.39 is 4.92 Å². The quantitative estimate of drug-likeness (QED) is 0.519. The van der Waals surface area contributed by atoms with Crippen molar-refractivity contribution in [2.24, 2.45) is 0 Å². The zero-order valence-electron chi connectivity index (χ0n) is 14.8. The van der Waals surface area contributed by atoms with E-state index in [1.54, 1.807) is 11.1 Å². The summed E-state index contributed by atoms with van der Waals surface area (Å²) in [6.45, 7) is 4.39. The lowest BCUT2D eigenvalue weighted by molar-refractivity contribution is -0.384. The van der Waals surface area contributed by atoms with Gasteiger partial charge < -0.3 is 9.80 Å². The molecular formula is C18H18N6O3. The Labute approximate surface area is 155 Å². The third-order valence-corrected chi connectivity index (χ3v) is 4.68. The molecule has 1 fully saturated rings. The number of hydrogen-bond donors (Lipinski definition) is 0. The summed E-state index contributed by atoms with van der Waals surface area (Å²) in [6.07, 6.45) is 3.55. The van der Waals surface area contributed by atoms with Crippen LogP contribution in [0.1, 0.15) is 16.1 Å². The maximum Gasteiger partial charge on any atom is 0.269 e. The number of carbonyl (C=O) groups excluding carboxylic acids is 1. The van der Waals surface area contributed by atoms with Gasteiger partial charge in [0.25, 0.3) is 11.6 Å². The number of piperazine rings is 1. The number of fused-ring (bicyclic) bond motifs is 1. The van der Waals surface area contributed by atoms with Crippen LogP contribution in [-0.4, -0.2) is 56.5 Å². The molecule has 1 aliphatic heterocycles. The molecule has 0 bridgehead atoms. The Morgan fingerprint density at radius 1 is 1.15 bits per heavy atom. The van der Waals surface area contributed by atoms with E-state index >= 15 is 0 Å². The van der Waals surface area contributed by atoms with Gasteiger partial charge in [-0.25, -0.2) is 9.50 Å². The normalized spacial score (nSPS) is 14.6. The number of nitro benzene ring substituents is 1. The zero-order valence-corrected chi connectivity index (χ0v) is 14.8. The van der Waals surface area contributed by atoms with Gasteiger partial charge in [0, 0.05) is 56.3 Å². The van der Waals surface area contributed by atoms with Crippen LogP contribution >= 0.6 is 0 Å². The fourth-order valence-corrected chi connectivity index (χ4v) is 3.30. The van der Waals surface area contributed by atoms with Crippen LogP contribution in [0.25, 0.3) is 5.52 Å². The lowest BCUT2D eigenvalue weighted by atomic mass is 10.1. The maximum absolute atomic E-state index is 12.6.